The van der Waals surface area contributed by atoms with E-state index in [2.05, 4.69) is 23.2 Å². The number of aryl methyl sites for hydroxylation is 3. The van der Waals surface area contributed by atoms with Gasteiger partial charge >= 0.3 is 5.97 Å². The predicted octanol–water partition coefficient (Wildman–Crippen LogP) is 2.51. The number of carboxylic acid groups (broad SMARTS) is 1. The van der Waals surface area contributed by atoms with Crippen LogP contribution in [-0.4, -0.2) is 20.6 Å². The summed E-state index contributed by atoms with van der Waals surface area (Å²) in [5, 5.41) is 8.72. The molecule has 0 amide bonds. The number of carbonyl (C=O) groups is 1. The normalized spacial score (nSPS) is 10.6. The van der Waals surface area contributed by atoms with Gasteiger partial charge in [0.2, 0.25) is 0 Å². The minimum Gasteiger partial charge on any atom is -0.481 e. The molecule has 0 fully saturated rings. The van der Waals surface area contributed by atoms with E-state index in [1.165, 1.54) is 11.1 Å². The summed E-state index contributed by atoms with van der Waals surface area (Å²) in [6.07, 6.45) is 4.11. The topological polar surface area (TPSA) is 55.1 Å². The van der Waals surface area contributed by atoms with Gasteiger partial charge in [-0.3, -0.25) is 4.79 Å². The summed E-state index contributed by atoms with van der Waals surface area (Å²) in [6.45, 7) is 4.09. The molecule has 4 heteroatoms. The summed E-state index contributed by atoms with van der Waals surface area (Å²) in [5.74, 6) is -0.0210. The molecule has 0 saturated heterocycles. The lowest BCUT2D eigenvalue weighted by Crippen LogP contribution is -2.05. The van der Waals surface area contributed by atoms with Gasteiger partial charge in [-0.2, -0.15) is 0 Å². The number of aromatic nitrogens is 2. The molecule has 1 aromatic heterocycles. The fourth-order valence-corrected chi connectivity index (χ4v) is 2.06. The average molecular weight is 244 g/mol. The molecular weight excluding hydrogens is 228 g/mol. The van der Waals surface area contributed by atoms with Crippen molar-refractivity contribution in [2.45, 2.75) is 26.7 Å². The fraction of sp³-hybridized carbons (Fsp3) is 0.286. The van der Waals surface area contributed by atoms with E-state index in [1.54, 1.807) is 6.20 Å². The molecule has 0 saturated carbocycles. The van der Waals surface area contributed by atoms with Gasteiger partial charge in [-0.15, -0.1) is 0 Å². The molecule has 0 aliphatic heterocycles. The van der Waals surface area contributed by atoms with Gasteiger partial charge in [0, 0.05) is 24.5 Å². The number of hydrogen-bond donors (Lipinski definition) is 1. The lowest BCUT2D eigenvalue weighted by atomic mass is 10.1. The maximum atomic E-state index is 10.6. The van der Waals surface area contributed by atoms with Crippen molar-refractivity contribution in [1.82, 2.24) is 9.55 Å². The van der Waals surface area contributed by atoms with Gasteiger partial charge in [-0.05, 0) is 37.1 Å². The lowest BCUT2D eigenvalue weighted by Gasteiger charge is -2.09. The van der Waals surface area contributed by atoms with Crippen LogP contribution in [0.2, 0.25) is 0 Å². The first-order valence-electron chi connectivity index (χ1n) is 5.89. The van der Waals surface area contributed by atoms with E-state index in [0.29, 0.717) is 6.42 Å². The van der Waals surface area contributed by atoms with Crippen molar-refractivity contribution >= 4 is 5.97 Å². The molecule has 0 bridgehead atoms. The highest BCUT2D eigenvalue weighted by atomic mass is 16.4. The van der Waals surface area contributed by atoms with Gasteiger partial charge in [-0.1, -0.05) is 6.07 Å². The zero-order valence-corrected chi connectivity index (χ0v) is 10.6. The Labute approximate surface area is 106 Å². The van der Waals surface area contributed by atoms with Crippen molar-refractivity contribution in [3.63, 3.8) is 0 Å². The molecule has 2 aromatic rings. The Morgan fingerprint density at radius 2 is 1.94 bits per heavy atom. The SMILES string of the molecule is Cc1cc(C)cc(-n2ccnc2CCC(=O)O)c1. The van der Waals surface area contributed by atoms with Gasteiger partial charge in [-0.25, -0.2) is 4.98 Å². The molecular formula is C14H16N2O2. The summed E-state index contributed by atoms with van der Waals surface area (Å²) in [5.41, 5.74) is 3.40. The number of rotatable bonds is 4. The highest BCUT2D eigenvalue weighted by Gasteiger charge is 2.07. The van der Waals surface area contributed by atoms with Gasteiger partial charge in [0.15, 0.2) is 0 Å². The zero-order valence-electron chi connectivity index (χ0n) is 10.6. The summed E-state index contributed by atoms with van der Waals surface area (Å²) < 4.78 is 1.95. The number of benzene rings is 1. The number of carboxylic acids is 1. The van der Waals surface area contributed by atoms with Crippen LogP contribution in [0.15, 0.2) is 30.6 Å². The monoisotopic (exact) mass is 244 g/mol. The number of imidazole rings is 1. The van der Waals surface area contributed by atoms with E-state index < -0.39 is 5.97 Å². The van der Waals surface area contributed by atoms with Crippen LogP contribution < -0.4 is 0 Å². The third kappa shape index (κ3) is 2.77. The molecule has 2 rings (SSSR count). The Kier molecular flexibility index (Phi) is 3.46. The van der Waals surface area contributed by atoms with Crippen molar-refractivity contribution in [3.05, 3.63) is 47.5 Å². The van der Waals surface area contributed by atoms with Crippen LogP contribution in [-0.2, 0) is 11.2 Å². The average Bonchev–Trinajstić information content (AvgIpc) is 2.72. The van der Waals surface area contributed by atoms with Crippen LogP contribution in [0, 0.1) is 13.8 Å². The molecule has 0 unspecified atom stereocenters. The molecule has 0 aliphatic carbocycles. The quantitative estimate of drug-likeness (QED) is 0.899. The molecule has 1 N–H and O–H groups in total. The van der Waals surface area contributed by atoms with E-state index in [-0.39, 0.29) is 6.42 Å². The smallest absolute Gasteiger partial charge is 0.303 e. The summed E-state index contributed by atoms with van der Waals surface area (Å²) in [6, 6.07) is 6.25. The molecule has 0 radical (unpaired) electrons. The molecule has 18 heavy (non-hydrogen) atoms. The van der Waals surface area contributed by atoms with Crippen LogP contribution in [0.4, 0.5) is 0 Å². The minimum absolute atomic E-state index is 0.0990. The van der Waals surface area contributed by atoms with Crippen LogP contribution in [0.5, 0.6) is 0 Å². The Morgan fingerprint density at radius 3 is 2.56 bits per heavy atom. The Hall–Kier alpha value is -2.10. The lowest BCUT2D eigenvalue weighted by molar-refractivity contribution is -0.137. The largest absolute Gasteiger partial charge is 0.481 e. The second kappa shape index (κ2) is 5.04. The van der Waals surface area contributed by atoms with Gasteiger partial charge < -0.3 is 9.67 Å². The summed E-state index contributed by atoms with van der Waals surface area (Å²) >= 11 is 0. The van der Waals surface area contributed by atoms with Crippen molar-refractivity contribution in [2.75, 3.05) is 0 Å². The van der Waals surface area contributed by atoms with Crippen molar-refractivity contribution in [3.8, 4) is 5.69 Å². The number of hydrogen-bond acceptors (Lipinski definition) is 2. The van der Waals surface area contributed by atoms with Crippen LogP contribution in [0.1, 0.15) is 23.4 Å². The Morgan fingerprint density at radius 1 is 1.28 bits per heavy atom. The first-order valence-corrected chi connectivity index (χ1v) is 5.89. The summed E-state index contributed by atoms with van der Waals surface area (Å²) in [4.78, 5) is 14.8. The zero-order chi connectivity index (χ0) is 13.1. The van der Waals surface area contributed by atoms with Crippen molar-refractivity contribution in [2.24, 2.45) is 0 Å². The Bertz CT molecular complexity index is 553. The highest BCUT2D eigenvalue weighted by Crippen LogP contribution is 2.16. The van der Waals surface area contributed by atoms with E-state index in [4.69, 9.17) is 5.11 Å². The fourth-order valence-electron chi connectivity index (χ4n) is 2.06. The third-order valence-electron chi connectivity index (χ3n) is 2.76. The molecule has 4 nitrogen and oxygen atoms in total. The van der Waals surface area contributed by atoms with E-state index in [0.717, 1.165) is 11.5 Å². The van der Waals surface area contributed by atoms with Gasteiger partial charge in [0.25, 0.3) is 0 Å². The molecule has 94 valence electrons. The minimum atomic E-state index is -0.801. The second-order valence-corrected chi connectivity index (χ2v) is 4.45. The van der Waals surface area contributed by atoms with Crippen LogP contribution >= 0.6 is 0 Å². The number of nitrogens with zero attached hydrogens (tertiary/aromatic N) is 2. The van der Waals surface area contributed by atoms with E-state index >= 15 is 0 Å². The van der Waals surface area contributed by atoms with Crippen molar-refractivity contribution in [1.29, 1.82) is 0 Å². The first-order chi connectivity index (χ1) is 8.56. The predicted molar refractivity (Wildman–Crippen MR) is 69.0 cm³/mol. The van der Waals surface area contributed by atoms with E-state index in [9.17, 15) is 4.79 Å². The van der Waals surface area contributed by atoms with Gasteiger partial charge in [0.05, 0.1) is 6.42 Å². The third-order valence-corrected chi connectivity index (χ3v) is 2.76. The van der Waals surface area contributed by atoms with Gasteiger partial charge in [0.1, 0.15) is 5.82 Å². The van der Waals surface area contributed by atoms with Crippen LogP contribution in [0.3, 0.4) is 0 Å². The Balaban J connectivity index is 2.33. The maximum Gasteiger partial charge on any atom is 0.303 e. The van der Waals surface area contributed by atoms with E-state index in [1.807, 2.05) is 24.6 Å². The standard InChI is InChI=1S/C14H16N2O2/c1-10-7-11(2)9-12(8-10)16-6-5-15-13(16)3-4-14(17)18/h5-9H,3-4H2,1-2H3,(H,17,18). The molecule has 1 aromatic carbocycles. The van der Waals surface area contributed by atoms with Crippen LogP contribution in [0.25, 0.3) is 5.69 Å². The molecule has 0 atom stereocenters. The number of aliphatic carboxylic acids is 1. The highest BCUT2D eigenvalue weighted by molar-refractivity contribution is 5.66. The summed E-state index contributed by atoms with van der Waals surface area (Å²) in [7, 11) is 0. The molecule has 1 heterocycles. The molecule has 0 aliphatic rings. The maximum absolute atomic E-state index is 10.6. The second-order valence-electron chi connectivity index (χ2n) is 4.45. The molecule has 0 spiro atoms. The van der Waals surface area contributed by atoms with Crippen molar-refractivity contribution < 1.29 is 9.90 Å². The first kappa shape index (κ1) is 12.4.